The summed E-state index contributed by atoms with van der Waals surface area (Å²) in [7, 11) is 1.64. The van der Waals surface area contributed by atoms with Crippen LogP contribution in [-0.2, 0) is 9.53 Å². The highest BCUT2D eigenvalue weighted by Gasteiger charge is 2.59. The van der Waals surface area contributed by atoms with E-state index < -0.39 is 0 Å². The number of nitrogens with zero attached hydrogens (tertiary/aromatic N) is 1. The largest absolute Gasteiger partial charge is 0.490 e. The van der Waals surface area contributed by atoms with Crippen LogP contribution >= 0.6 is 0 Å². The average molecular weight is 413 g/mol. The molecule has 0 saturated heterocycles. The van der Waals surface area contributed by atoms with Gasteiger partial charge in [-0.25, -0.2) is 4.39 Å². The number of halogens is 1. The van der Waals surface area contributed by atoms with Gasteiger partial charge in [0.1, 0.15) is 11.6 Å². The Bertz CT molecular complexity index is 935. The van der Waals surface area contributed by atoms with Crippen molar-refractivity contribution >= 4 is 16.8 Å². The second kappa shape index (κ2) is 8.72. The normalized spacial score (nSPS) is 25.6. The van der Waals surface area contributed by atoms with E-state index in [-0.39, 0.29) is 23.7 Å². The fourth-order valence-electron chi connectivity index (χ4n) is 5.03. The number of aromatic nitrogens is 1. The van der Waals surface area contributed by atoms with Gasteiger partial charge in [0.25, 0.3) is 0 Å². The molecule has 1 aromatic carbocycles. The Labute approximate surface area is 176 Å². The maximum Gasteiger partial charge on any atom is 0.223 e. The topological polar surface area (TPSA) is 60.5 Å². The van der Waals surface area contributed by atoms with Crippen molar-refractivity contribution in [3.63, 3.8) is 0 Å². The molecule has 0 spiro atoms. The van der Waals surface area contributed by atoms with Crippen molar-refractivity contribution in [3.05, 3.63) is 48.4 Å². The monoisotopic (exact) mass is 412 g/mol. The number of rotatable bonds is 9. The lowest BCUT2D eigenvalue weighted by molar-refractivity contribution is -0.125. The molecule has 1 aromatic heterocycles. The summed E-state index contributed by atoms with van der Waals surface area (Å²) in [6, 6.07) is 6.36. The quantitative estimate of drug-likeness (QED) is 0.630. The Hall–Kier alpha value is -2.47. The van der Waals surface area contributed by atoms with Crippen LogP contribution < -0.4 is 10.1 Å². The van der Waals surface area contributed by atoms with Gasteiger partial charge in [-0.3, -0.25) is 9.78 Å². The van der Waals surface area contributed by atoms with Gasteiger partial charge in [-0.05, 0) is 61.3 Å². The van der Waals surface area contributed by atoms with Crippen LogP contribution in [0.4, 0.5) is 4.39 Å². The Kier molecular flexibility index (Phi) is 6.04. The van der Waals surface area contributed by atoms with E-state index in [0.717, 1.165) is 30.4 Å². The van der Waals surface area contributed by atoms with Crippen LogP contribution in [0, 0.1) is 29.5 Å². The van der Waals surface area contributed by atoms with Crippen molar-refractivity contribution in [2.75, 3.05) is 20.3 Å². The van der Waals surface area contributed by atoms with Crippen LogP contribution in [-0.4, -0.2) is 37.3 Å². The number of pyridine rings is 1. The standard InChI is InChI=1S/C24H29FN2O3/c1-14(13-29-3)6-8-27-24(28)15(2)23-18-11-17(12-19(18)23)30-22-7-9-26-21-5-4-16(25)10-20(21)22/h4-5,7,9-10,15,17-19,23H,1,6,8,11-13H2,2-3H3,(H,27,28)/t15?,17?,18-,19+,23?. The SMILES string of the molecule is C=C(CCNC(=O)C(C)C1[C@H]2CC(Oc3ccnc4ccc(F)cc34)C[C@@H]12)COC. The maximum atomic E-state index is 13.7. The number of ether oxygens (including phenoxy) is 2. The first kappa shape index (κ1) is 20.8. The third-order valence-electron chi connectivity index (χ3n) is 6.54. The van der Waals surface area contributed by atoms with Crippen molar-refractivity contribution in [3.8, 4) is 5.75 Å². The molecule has 6 heteroatoms. The maximum absolute atomic E-state index is 13.7. The number of carbonyl (C=O) groups is 1. The first-order valence-electron chi connectivity index (χ1n) is 10.6. The molecule has 5 nitrogen and oxygen atoms in total. The van der Waals surface area contributed by atoms with E-state index in [1.807, 2.05) is 6.92 Å². The van der Waals surface area contributed by atoms with Gasteiger partial charge in [0, 0.05) is 31.2 Å². The predicted molar refractivity (Wildman–Crippen MR) is 114 cm³/mol. The lowest BCUT2D eigenvalue weighted by Gasteiger charge is -2.20. The number of hydrogen-bond donors (Lipinski definition) is 1. The predicted octanol–water partition coefficient (Wildman–Crippen LogP) is 4.12. The summed E-state index contributed by atoms with van der Waals surface area (Å²) in [5, 5.41) is 3.74. The molecule has 0 radical (unpaired) electrons. The summed E-state index contributed by atoms with van der Waals surface area (Å²) in [6.45, 7) is 7.09. The molecule has 0 bridgehead atoms. The molecule has 4 rings (SSSR count). The van der Waals surface area contributed by atoms with Crippen LogP contribution in [0.15, 0.2) is 42.6 Å². The zero-order valence-corrected chi connectivity index (χ0v) is 17.6. The van der Waals surface area contributed by atoms with Crippen molar-refractivity contribution in [1.82, 2.24) is 10.3 Å². The van der Waals surface area contributed by atoms with Crippen LogP contribution in [0.5, 0.6) is 5.75 Å². The van der Waals surface area contributed by atoms with E-state index in [4.69, 9.17) is 9.47 Å². The molecule has 1 N–H and O–H groups in total. The minimum absolute atomic E-state index is 0.00694. The molecule has 2 aliphatic rings. The number of methoxy groups -OCH3 is 1. The third kappa shape index (κ3) is 4.33. The zero-order valence-electron chi connectivity index (χ0n) is 17.6. The highest BCUT2D eigenvalue weighted by Crippen LogP contribution is 2.61. The molecule has 1 heterocycles. The van der Waals surface area contributed by atoms with Crippen LogP contribution in [0.3, 0.4) is 0 Å². The molecule has 0 aliphatic heterocycles. The molecule has 160 valence electrons. The second-order valence-electron chi connectivity index (χ2n) is 8.60. The summed E-state index contributed by atoms with van der Waals surface area (Å²) in [5.41, 5.74) is 1.71. The molecule has 2 saturated carbocycles. The second-order valence-corrected chi connectivity index (χ2v) is 8.60. The molecule has 2 aromatic rings. The van der Waals surface area contributed by atoms with E-state index in [9.17, 15) is 9.18 Å². The smallest absolute Gasteiger partial charge is 0.223 e. The summed E-state index contributed by atoms with van der Waals surface area (Å²) < 4.78 is 24.9. The number of fused-ring (bicyclic) bond motifs is 2. The molecule has 2 fully saturated rings. The minimum Gasteiger partial charge on any atom is -0.490 e. The van der Waals surface area contributed by atoms with Gasteiger partial charge in [0.2, 0.25) is 5.91 Å². The number of benzene rings is 1. The van der Waals surface area contributed by atoms with E-state index in [0.29, 0.717) is 42.0 Å². The van der Waals surface area contributed by atoms with Crippen LogP contribution in [0.1, 0.15) is 26.2 Å². The lowest BCUT2D eigenvalue weighted by atomic mass is 9.97. The van der Waals surface area contributed by atoms with E-state index >= 15 is 0 Å². The summed E-state index contributed by atoms with van der Waals surface area (Å²) >= 11 is 0. The Morgan fingerprint density at radius 3 is 2.83 bits per heavy atom. The van der Waals surface area contributed by atoms with Gasteiger partial charge in [-0.2, -0.15) is 0 Å². The highest BCUT2D eigenvalue weighted by molar-refractivity contribution is 5.84. The van der Waals surface area contributed by atoms with E-state index in [1.54, 1.807) is 25.4 Å². The van der Waals surface area contributed by atoms with Gasteiger partial charge in [0.05, 0.1) is 18.2 Å². The molecule has 3 unspecified atom stereocenters. The fraction of sp³-hybridized carbons (Fsp3) is 0.500. The van der Waals surface area contributed by atoms with Crippen molar-refractivity contribution < 1.29 is 18.7 Å². The van der Waals surface area contributed by atoms with Gasteiger partial charge < -0.3 is 14.8 Å². The molecule has 1 amide bonds. The van der Waals surface area contributed by atoms with E-state index in [2.05, 4.69) is 16.9 Å². The molecule has 5 atom stereocenters. The molecular formula is C24H29FN2O3. The Morgan fingerprint density at radius 2 is 2.10 bits per heavy atom. The Balaban J connectivity index is 1.27. The number of carbonyl (C=O) groups excluding carboxylic acids is 1. The fourth-order valence-corrected chi connectivity index (χ4v) is 5.03. The number of amides is 1. The number of nitrogens with one attached hydrogen (secondary N) is 1. The van der Waals surface area contributed by atoms with Gasteiger partial charge in [-0.15, -0.1) is 0 Å². The van der Waals surface area contributed by atoms with Crippen LogP contribution in [0.2, 0.25) is 0 Å². The average Bonchev–Trinajstić information content (AvgIpc) is 3.22. The van der Waals surface area contributed by atoms with Gasteiger partial charge in [0.15, 0.2) is 0 Å². The Morgan fingerprint density at radius 1 is 1.33 bits per heavy atom. The van der Waals surface area contributed by atoms with Gasteiger partial charge in [-0.1, -0.05) is 19.1 Å². The zero-order chi connectivity index (χ0) is 21.3. The molecular weight excluding hydrogens is 383 g/mol. The molecule has 30 heavy (non-hydrogen) atoms. The van der Waals surface area contributed by atoms with Gasteiger partial charge >= 0.3 is 0 Å². The minimum atomic E-state index is -0.291. The highest BCUT2D eigenvalue weighted by atomic mass is 19.1. The first-order valence-corrected chi connectivity index (χ1v) is 10.6. The number of hydrogen-bond acceptors (Lipinski definition) is 4. The lowest BCUT2D eigenvalue weighted by Crippen LogP contribution is -2.32. The van der Waals surface area contributed by atoms with Crippen molar-refractivity contribution in [2.24, 2.45) is 23.7 Å². The summed E-state index contributed by atoms with van der Waals surface area (Å²) in [4.78, 5) is 16.8. The summed E-state index contributed by atoms with van der Waals surface area (Å²) in [6.07, 6.45) is 4.42. The van der Waals surface area contributed by atoms with Crippen molar-refractivity contribution in [2.45, 2.75) is 32.3 Å². The van der Waals surface area contributed by atoms with Crippen molar-refractivity contribution in [1.29, 1.82) is 0 Å². The van der Waals surface area contributed by atoms with Crippen LogP contribution in [0.25, 0.3) is 10.9 Å². The summed E-state index contributed by atoms with van der Waals surface area (Å²) in [5.74, 6) is 2.01. The first-order chi connectivity index (χ1) is 14.5. The van der Waals surface area contributed by atoms with E-state index in [1.165, 1.54) is 12.1 Å². The molecule has 2 aliphatic carbocycles. The third-order valence-corrected chi connectivity index (χ3v) is 6.54.